The van der Waals surface area contributed by atoms with Gasteiger partial charge in [-0.3, -0.25) is 4.79 Å². The molecule has 1 heterocycles. The molecule has 1 atom stereocenters. The minimum atomic E-state index is -0.0809. The van der Waals surface area contributed by atoms with Gasteiger partial charge in [-0.05, 0) is 37.0 Å². The highest BCUT2D eigenvalue weighted by atomic mass is 16.1. The molecule has 1 aliphatic rings. The van der Waals surface area contributed by atoms with E-state index in [9.17, 15) is 4.79 Å². The van der Waals surface area contributed by atoms with Crippen molar-refractivity contribution >= 4 is 16.9 Å². The summed E-state index contributed by atoms with van der Waals surface area (Å²) in [6, 6.07) is 5.51. The van der Waals surface area contributed by atoms with Crippen LogP contribution in [0.2, 0.25) is 0 Å². The normalized spacial score (nSPS) is 16.7. The summed E-state index contributed by atoms with van der Waals surface area (Å²) in [6.45, 7) is 0.546. The fourth-order valence-electron chi connectivity index (χ4n) is 2.08. The summed E-state index contributed by atoms with van der Waals surface area (Å²) in [7, 11) is 0. The Morgan fingerprint density at radius 1 is 1.56 bits per heavy atom. The lowest BCUT2D eigenvalue weighted by Crippen LogP contribution is -2.38. The number of amides is 1. The number of carbonyl (C=O) groups is 1. The Morgan fingerprint density at radius 2 is 2.39 bits per heavy atom. The van der Waals surface area contributed by atoms with Gasteiger partial charge in [-0.2, -0.15) is 0 Å². The predicted octanol–water partition coefficient (Wildman–Crippen LogP) is 1.03. The van der Waals surface area contributed by atoms with Gasteiger partial charge in [0.25, 0.3) is 5.91 Å². The molecule has 0 radical (unpaired) electrons. The van der Waals surface area contributed by atoms with E-state index < -0.39 is 0 Å². The van der Waals surface area contributed by atoms with E-state index in [1.54, 1.807) is 18.5 Å². The number of H-pyrrole nitrogens is 1. The van der Waals surface area contributed by atoms with Crippen molar-refractivity contribution in [3.63, 3.8) is 0 Å². The zero-order valence-corrected chi connectivity index (χ0v) is 10.0. The quantitative estimate of drug-likeness (QED) is 0.751. The molecule has 1 amide bonds. The van der Waals surface area contributed by atoms with Crippen LogP contribution < -0.4 is 11.1 Å². The van der Waals surface area contributed by atoms with Crippen LogP contribution in [0.25, 0.3) is 11.0 Å². The van der Waals surface area contributed by atoms with Crippen molar-refractivity contribution in [2.75, 3.05) is 6.54 Å². The molecule has 2 aromatic rings. The Kier molecular flexibility index (Phi) is 2.76. The van der Waals surface area contributed by atoms with Gasteiger partial charge in [-0.25, -0.2) is 4.98 Å². The summed E-state index contributed by atoms with van der Waals surface area (Å²) in [5, 5.41) is 2.88. The third-order valence-corrected chi connectivity index (χ3v) is 3.41. The van der Waals surface area contributed by atoms with Gasteiger partial charge in [0.05, 0.1) is 17.4 Å². The van der Waals surface area contributed by atoms with Gasteiger partial charge in [0.1, 0.15) is 0 Å². The van der Waals surface area contributed by atoms with Gasteiger partial charge in [-0.15, -0.1) is 0 Å². The number of carbonyl (C=O) groups excluding carboxylic acids is 1. The summed E-state index contributed by atoms with van der Waals surface area (Å²) in [5.74, 6) is 0.517. The van der Waals surface area contributed by atoms with Gasteiger partial charge in [0.15, 0.2) is 0 Å². The van der Waals surface area contributed by atoms with Crippen LogP contribution in [0.5, 0.6) is 0 Å². The molecule has 5 heteroatoms. The second-order valence-corrected chi connectivity index (χ2v) is 4.85. The lowest BCUT2D eigenvalue weighted by molar-refractivity contribution is 0.0950. The monoisotopic (exact) mass is 244 g/mol. The van der Waals surface area contributed by atoms with E-state index in [1.165, 1.54) is 12.8 Å². The average molecular weight is 244 g/mol. The molecule has 1 aromatic carbocycles. The molecule has 0 bridgehead atoms. The molecule has 1 fully saturated rings. The second-order valence-electron chi connectivity index (χ2n) is 4.85. The van der Waals surface area contributed by atoms with E-state index in [2.05, 4.69) is 15.3 Å². The molecule has 5 nitrogen and oxygen atoms in total. The maximum atomic E-state index is 12.0. The van der Waals surface area contributed by atoms with Crippen LogP contribution in [0.4, 0.5) is 0 Å². The molecule has 1 aromatic heterocycles. The smallest absolute Gasteiger partial charge is 0.251 e. The average Bonchev–Trinajstić information content (AvgIpc) is 3.13. The number of benzene rings is 1. The van der Waals surface area contributed by atoms with Crippen LogP contribution in [0.1, 0.15) is 23.2 Å². The topological polar surface area (TPSA) is 83.8 Å². The van der Waals surface area contributed by atoms with Crippen LogP contribution in [-0.2, 0) is 0 Å². The van der Waals surface area contributed by atoms with Crippen LogP contribution in [0, 0.1) is 5.92 Å². The maximum absolute atomic E-state index is 12.0. The number of aromatic nitrogens is 2. The first-order valence-electron chi connectivity index (χ1n) is 6.21. The number of nitrogens with two attached hydrogens (primary N) is 1. The second kappa shape index (κ2) is 4.42. The highest BCUT2D eigenvalue weighted by Crippen LogP contribution is 2.31. The van der Waals surface area contributed by atoms with E-state index in [1.807, 2.05) is 6.07 Å². The Balaban J connectivity index is 1.66. The fraction of sp³-hybridized carbons (Fsp3) is 0.385. The SMILES string of the molecule is NC(CNC(=O)c1ccc2nc[nH]c2c1)C1CC1. The summed E-state index contributed by atoms with van der Waals surface area (Å²) in [4.78, 5) is 19.1. The number of hydrogen-bond acceptors (Lipinski definition) is 3. The first kappa shape index (κ1) is 11.2. The summed E-state index contributed by atoms with van der Waals surface area (Å²) in [5.41, 5.74) is 8.31. The van der Waals surface area contributed by atoms with E-state index >= 15 is 0 Å². The van der Waals surface area contributed by atoms with E-state index in [0.29, 0.717) is 18.0 Å². The summed E-state index contributed by atoms with van der Waals surface area (Å²) >= 11 is 0. The molecule has 1 unspecified atom stereocenters. The lowest BCUT2D eigenvalue weighted by atomic mass is 10.1. The molecule has 4 N–H and O–H groups in total. The Morgan fingerprint density at radius 3 is 3.17 bits per heavy atom. The maximum Gasteiger partial charge on any atom is 0.251 e. The van der Waals surface area contributed by atoms with Crippen molar-refractivity contribution in [3.8, 4) is 0 Å². The molecule has 3 rings (SSSR count). The predicted molar refractivity (Wildman–Crippen MR) is 69.1 cm³/mol. The van der Waals surface area contributed by atoms with Crippen LogP contribution in [0.3, 0.4) is 0 Å². The highest BCUT2D eigenvalue weighted by Gasteiger charge is 2.28. The van der Waals surface area contributed by atoms with Crippen molar-refractivity contribution in [1.82, 2.24) is 15.3 Å². The number of fused-ring (bicyclic) bond motifs is 1. The molecule has 0 saturated heterocycles. The number of aromatic amines is 1. The van der Waals surface area contributed by atoms with Crippen LogP contribution >= 0.6 is 0 Å². The third-order valence-electron chi connectivity index (χ3n) is 3.41. The highest BCUT2D eigenvalue weighted by molar-refractivity contribution is 5.97. The van der Waals surface area contributed by atoms with Crippen LogP contribution in [-0.4, -0.2) is 28.5 Å². The largest absolute Gasteiger partial charge is 0.350 e. The number of nitrogens with one attached hydrogen (secondary N) is 2. The van der Waals surface area contributed by atoms with Crippen molar-refractivity contribution in [1.29, 1.82) is 0 Å². The van der Waals surface area contributed by atoms with Crippen molar-refractivity contribution in [3.05, 3.63) is 30.1 Å². The van der Waals surface area contributed by atoms with Gasteiger partial charge >= 0.3 is 0 Å². The van der Waals surface area contributed by atoms with Crippen molar-refractivity contribution in [2.24, 2.45) is 11.7 Å². The minimum absolute atomic E-state index is 0.0809. The molecule has 0 aliphatic heterocycles. The molecule has 94 valence electrons. The molecule has 0 spiro atoms. The molecule has 1 aliphatic carbocycles. The van der Waals surface area contributed by atoms with Gasteiger partial charge in [-0.1, -0.05) is 0 Å². The Bertz CT molecular complexity index is 573. The Hall–Kier alpha value is -1.88. The number of nitrogens with zero attached hydrogens (tertiary/aromatic N) is 1. The first-order chi connectivity index (χ1) is 8.74. The van der Waals surface area contributed by atoms with Crippen molar-refractivity contribution < 1.29 is 4.79 Å². The molecular formula is C13H16N4O. The molecule has 18 heavy (non-hydrogen) atoms. The number of imidazole rings is 1. The van der Waals surface area contributed by atoms with Gasteiger partial charge in [0, 0.05) is 18.2 Å². The van der Waals surface area contributed by atoms with E-state index in [4.69, 9.17) is 5.73 Å². The minimum Gasteiger partial charge on any atom is -0.350 e. The van der Waals surface area contributed by atoms with Crippen LogP contribution in [0.15, 0.2) is 24.5 Å². The molecular weight excluding hydrogens is 228 g/mol. The van der Waals surface area contributed by atoms with E-state index in [0.717, 1.165) is 11.0 Å². The number of hydrogen-bond donors (Lipinski definition) is 3. The Labute approximate surface area is 105 Å². The van der Waals surface area contributed by atoms with Gasteiger partial charge in [0.2, 0.25) is 0 Å². The third kappa shape index (κ3) is 2.22. The zero-order chi connectivity index (χ0) is 12.5. The number of rotatable bonds is 4. The molecule has 1 saturated carbocycles. The lowest BCUT2D eigenvalue weighted by Gasteiger charge is -2.11. The fourth-order valence-corrected chi connectivity index (χ4v) is 2.08. The van der Waals surface area contributed by atoms with Gasteiger partial charge < -0.3 is 16.0 Å². The van der Waals surface area contributed by atoms with Crippen molar-refractivity contribution in [2.45, 2.75) is 18.9 Å². The summed E-state index contributed by atoms with van der Waals surface area (Å²) < 4.78 is 0. The van der Waals surface area contributed by atoms with E-state index in [-0.39, 0.29) is 11.9 Å². The summed E-state index contributed by atoms with van der Waals surface area (Å²) in [6.07, 6.45) is 4.00. The first-order valence-corrected chi connectivity index (χ1v) is 6.21. The standard InChI is InChI=1S/C13H16N4O/c14-10(8-1-2-8)6-15-13(18)9-3-4-11-12(5-9)17-7-16-11/h3-5,7-8,10H,1-2,6,14H2,(H,15,18)(H,16,17). The zero-order valence-electron chi connectivity index (χ0n) is 10.0.